The number of carbonyl (C=O) groups is 1. The molecular formula is C20H22F3N3O. The summed E-state index contributed by atoms with van der Waals surface area (Å²) in [6.45, 7) is 2.77. The van der Waals surface area contributed by atoms with Crippen LogP contribution in [0.2, 0.25) is 0 Å². The van der Waals surface area contributed by atoms with Gasteiger partial charge in [0.2, 0.25) is 0 Å². The fraction of sp³-hybridized carbons (Fsp3) is 0.350. The summed E-state index contributed by atoms with van der Waals surface area (Å²) in [4.78, 5) is 18.2. The molecule has 0 N–H and O–H groups in total. The first kappa shape index (κ1) is 19.2. The van der Waals surface area contributed by atoms with Crippen molar-refractivity contribution in [3.63, 3.8) is 0 Å². The van der Waals surface area contributed by atoms with E-state index >= 15 is 0 Å². The highest BCUT2D eigenvalue weighted by atomic mass is 19.2. The average Bonchev–Trinajstić information content (AvgIpc) is 2.66. The number of nitrogens with zero attached hydrogens (tertiary/aromatic N) is 3. The molecule has 0 spiro atoms. The number of piperazine rings is 1. The fourth-order valence-electron chi connectivity index (χ4n) is 3.25. The summed E-state index contributed by atoms with van der Waals surface area (Å²) in [5.41, 5.74) is 1.83. The molecule has 1 amide bonds. The maximum Gasteiger partial charge on any atom is 0.257 e. The first-order valence-electron chi connectivity index (χ1n) is 8.78. The minimum absolute atomic E-state index is 0.384. The molecule has 0 aliphatic carbocycles. The average molecular weight is 377 g/mol. The topological polar surface area (TPSA) is 26.8 Å². The third kappa shape index (κ3) is 4.24. The monoisotopic (exact) mass is 377 g/mol. The van der Waals surface area contributed by atoms with Gasteiger partial charge in [-0.2, -0.15) is 0 Å². The Hall–Kier alpha value is -2.54. The second-order valence-electron chi connectivity index (χ2n) is 6.91. The molecule has 1 fully saturated rings. The molecule has 7 heteroatoms. The van der Waals surface area contributed by atoms with Gasteiger partial charge in [-0.3, -0.25) is 4.79 Å². The van der Waals surface area contributed by atoms with E-state index in [0.29, 0.717) is 26.2 Å². The maximum atomic E-state index is 13.9. The largest absolute Gasteiger partial charge is 0.368 e. The van der Waals surface area contributed by atoms with E-state index in [1.54, 1.807) is 0 Å². The summed E-state index contributed by atoms with van der Waals surface area (Å²) in [5.74, 6) is -4.96. The Balaban J connectivity index is 1.67. The van der Waals surface area contributed by atoms with Gasteiger partial charge >= 0.3 is 0 Å². The lowest BCUT2D eigenvalue weighted by molar-refractivity contribution is 0.0740. The van der Waals surface area contributed by atoms with Crippen molar-refractivity contribution in [3.05, 3.63) is 65.0 Å². The van der Waals surface area contributed by atoms with Crippen molar-refractivity contribution >= 4 is 11.6 Å². The van der Waals surface area contributed by atoms with Crippen LogP contribution in [0.25, 0.3) is 0 Å². The number of halogens is 3. The van der Waals surface area contributed by atoms with Crippen molar-refractivity contribution in [1.82, 2.24) is 9.80 Å². The van der Waals surface area contributed by atoms with Crippen LogP contribution in [0.5, 0.6) is 0 Å². The van der Waals surface area contributed by atoms with Gasteiger partial charge in [0.25, 0.3) is 5.91 Å². The molecule has 4 nitrogen and oxygen atoms in total. The molecule has 144 valence electrons. The van der Waals surface area contributed by atoms with E-state index in [1.807, 2.05) is 26.2 Å². The minimum atomic E-state index is -1.61. The standard InChI is InChI=1S/C20H22F3N3O/c1-24(2)13-14-4-3-5-15(12-14)25-8-10-26(11-9-25)20(27)16-6-7-17(21)19(23)18(16)22/h3-7,12H,8-11,13H2,1-2H3. The van der Waals surface area contributed by atoms with Gasteiger partial charge in [-0.25, -0.2) is 13.2 Å². The molecule has 2 aromatic carbocycles. The summed E-state index contributed by atoms with van der Waals surface area (Å²) in [7, 11) is 4.02. The van der Waals surface area contributed by atoms with Gasteiger partial charge < -0.3 is 14.7 Å². The molecule has 1 aliphatic heterocycles. The second-order valence-corrected chi connectivity index (χ2v) is 6.91. The van der Waals surface area contributed by atoms with E-state index in [2.05, 4.69) is 21.9 Å². The van der Waals surface area contributed by atoms with Gasteiger partial charge in [-0.05, 0) is 43.9 Å². The van der Waals surface area contributed by atoms with Gasteiger partial charge in [-0.1, -0.05) is 12.1 Å². The van der Waals surface area contributed by atoms with Crippen LogP contribution in [0.1, 0.15) is 15.9 Å². The number of amides is 1. The molecule has 1 aliphatic rings. The van der Waals surface area contributed by atoms with Crippen molar-refractivity contribution in [2.75, 3.05) is 45.2 Å². The smallest absolute Gasteiger partial charge is 0.257 e. The Kier molecular flexibility index (Phi) is 5.70. The lowest BCUT2D eigenvalue weighted by atomic mass is 10.1. The number of hydrogen-bond donors (Lipinski definition) is 0. The van der Waals surface area contributed by atoms with E-state index in [4.69, 9.17) is 0 Å². The van der Waals surface area contributed by atoms with Gasteiger partial charge in [0, 0.05) is 38.4 Å². The van der Waals surface area contributed by atoms with Gasteiger partial charge in [0.05, 0.1) is 5.56 Å². The molecule has 0 unspecified atom stereocenters. The van der Waals surface area contributed by atoms with E-state index in [0.717, 1.165) is 24.4 Å². The molecule has 1 heterocycles. The van der Waals surface area contributed by atoms with Crippen molar-refractivity contribution < 1.29 is 18.0 Å². The highest BCUT2D eigenvalue weighted by molar-refractivity contribution is 5.94. The van der Waals surface area contributed by atoms with E-state index in [1.165, 1.54) is 10.5 Å². The van der Waals surface area contributed by atoms with E-state index < -0.39 is 28.9 Å². The summed E-state index contributed by atoms with van der Waals surface area (Å²) >= 11 is 0. The summed E-state index contributed by atoms with van der Waals surface area (Å²) in [6, 6.07) is 9.97. The van der Waals surface area contributed by atoms with Crippen LogP contribution in [-0.2, 0) is 6.54 Å². The molecular weight excluding hydrogens is 355 g/mol. The van der Waals surface area contributed by atoms with Crippen LogP contribution >= 0.6 is 0 Å². The molecule has 0 atom stereocenters. The molecule has 27 heavy (non-hydrogen) atoms. The van der Waals surface area contributed by atoms with Crippen LogP contribution in [0.4, 0.5) is 18.9 Å². The molecule has 1 saturated heterocycles. The summed E-state index contributed by atoms with van der Waals surface area (Å²) < 4.78 is 40.3. The number of benzene rings is 2. The molecule has 0 saturated carbocycles. The molecule has 2 aromatic rings. The Morgan fingerprint density at radius 1 is 1.00 bits per heavy atom. The predicted octanol–water partition coefficient (Wildman–Crippen LogP) is 3.13. The van der Waals surface area contributed by atoms with Crippen LogP contribution in [-0.4, -0.2) is 56.0 Å². The Morgan fingerprint density at radius 3 is 2.37 bits per heavy atom. The van der Waals surface area contributed by atoms with Gasteiger partial charge in [0.15, 0.2) is 17.5 Å². The van der Waals surface area contributed by atoms with Crippen LogP contribution < -0.4 is 4.90 Å². The fourth-order valence-corrected chi connectivity index (χ4v) is 3.25. The van der Waals surface area contributed by atoms with Crippen molar-refractivity contribution in [1.29, 1.82) is 0 Å². The normalized spacial score (nSPS) is 14.7. The minimum Gasteiger partial charge on any atom is -0.368 e. The van der Waals surface area contributed by atoms with E-state index in [-0.39, 0.29) is 0 Å². The quantitative estimate of drug-likeness (QED) is 0.766. The molecule has 3 rings (SSSR count). The van der Waals surface area contributed by atoms with Crippen molar-refractivity contribution in [2.45, 2.75) is 6.54 Å². The zero-order chi connectivity index (χ0) is 19.6. The third-order valence-electron chi connectivity index (χ3n) is 4.61. The first-order chi connectivity index (χ1) is 12.9. The highest BCUT2D eigenvalue weighted by Crippen LogP contribution is 2.21. The highest BCUT2D eigenvalue weighted by Gasteiger charge is 2.26. The predicted molar refractivity (Wildman–Crippen MR) is 98.3 cm³/mol. The third-order valence-corrected chi connectivity index (χ3v) is 4.61. The molecule has 0 radical (unpaired) electrons. The SMILES string of the molecule is CN(C)Cc1cccc(N2CCN(C(=O)c3ccc(F)c(F)c3F)CC2)c1. The second kappa shape index (κ2) is 8.00. The Morgan fingerprint density at radius 2 is 1.70 bits per heavy atom. The lowest BCUT2D eigenvalue weighted by Gasteiger charge is -2.36. The van der Waals surface area contributed by atoms with Crippen LogP contribution in [0, 0.1) is 17.5 Å². The summed E-state index contributed by atoms with van der Waals surface area (Å²) in [5, 5.41) is 0. The molecule has 0 aromatic heterocycles. The zero-order valence-corrected chi connectivity index (χ0v) is 15.4. The number of rotatable bonds is 4. The van der Waals surface area contributed by atoms with Crippen molar-refractivity contribution in [3.8, 4) is 0 Å². The van der Waals surface area contributed by atoms with E-state index in [9.17, 15) is 18.0 Å². The maximum absolute atomic E-state index is 13.9. The molecule has 0 bridgehead atoms. The van der Waals surface area contributed by atoms with Crippen LogP contribution in [0.3, 0.4) is 0 Å². The first-order valence-corrected chi connectivity index (χ1v) is 8.78. The zero-order valence-electron chi connectivity index (χ0n) is 15.4. The lowest BCUT2D eigenvalue weighted by Crippen LogP contribution is -2.49. The van der Waals surface area contributed by atoms with Gasteiger partial charge in [0.1, 0.15) is 0 Å². The number of anilines is 1. The Labute approximate surface area is 156 Å². The number of carbonyl (C=O) groups excluding carboxylic acids is 1. The van der Waals surface area contributed by atoms with Crippen LogP contribution in [0.15, 0.2) is 36.4 Å². The van der Waals surface area contributed by atoms with Crippen molar-refractivity contribution in [2.24, 2.45) is 0 Å². The Bertz CT molecular complexity index is 833. The number of hydrogen-bond acceptors (Lipinski definition) is 3. The summed E-state index contributed by atoms with van der Waals surface area (Å²) in [6.07, 6.45) is 0. The van der Waals surface area contributed by atoms with Gasteiger partial charge in [-0.15, -0.1) is 0 Å².